The number of rotatable bonds is 18. The van der Waals surface area contributed by atoms with Gasteiger partial charge in [0.25, 0.3) is 12.3 Å². The molecular weight excluding hydrogens is 1030 g/mol. The molecule has 22 nitrogen and oxygen atoms in total. The van der Waals surface area contributed by atoms with E-state index in [2.05, 4.69) is 35.5 Å². The molecular formula is C55H66F2N12O10. The van der Waals surface area contributed by atoms with E-state index in [1.165, 1.54) is 36.0 Å². The normalized spacial score (nSPS) is 16.3. The minimum absolute atomic E-state index is 0.0440. The molecule has 6 heterocycles. The lowest BCUT2D eigenvalue weighted by atomic mass is 10.1. The monoisotopic (exact) mass is 1090 g/mol. The maximum absolute atomic E-state index is 14.4. The van der Waals surface area contributed by atoms with Crippen LogP contribution in [0.5, 0.6) is 0 Å². The third-order valence-electron chi connectivity index (χ3n) is 13.6. The van der Waals surface area contributed by atoms with Gasteiger partial charge in [-0.25, -0.2) is 37.8 Å². The molecule has 420 valence electrons. The molecule has 4 aromatic heterocycles. The number of imide groups is 1. The minimum Gasteiger partial charge on any atom is -0.444 e. The summed E-state index contributed by atoms with van der Waals surface area (Å²) in [5.41, 5.74) is 0.962. The number of oxazole rings is 1. The predicted molar refractivity (Wildman–Crippen MR) is 287 cm³/mol. The van der Waals surface area contributed by atoms with E-state index in [0.717, 1.165) is 56.5 Å². The largest absolute Gasteiger partial charge is 0.444 e. The smallest absolute Gasteiger partial charge is 0.416 e. The summed E-state index contributed by atoms with van der Waals surface area (Å²) in [6.07, 6.45) is 2.16. The molecule has 79 heavy (non-hydrogen) atoms. The number of nitrogens with one attached hydrogen (secondary N) is 2. The van der Waals surface area contributed by atoms with Crippen molar-refractivity contribution < 1.29 is 51.4 Å². The first-order valence-electron chi connectivity index (χ1n) is 26.4. The average molecular weight is 1090 g/mol. The number of imidazole rings is 1. The van der Waals surface area contributed by atoms with Crippen LogP contribution in [0.2, 0.25) is 0 Å². The van der Waals surface area contributed by atoms with Crippen molar-refractivity contribution in [2.24, 2.45) is 13.0 Å². The van der Waals surface area contributed by atoms with Crippen LogP contribution >= 0.6 is 0 Å². The maximum atomic E-state index is 14.4. The van der Waals surface area contributed by atoms with Crippen LogP contribution in [0.4, 0.5) is 35.6 Å². The number of pyridine rings is 1. The molecule has 24 heteroatoms. The first kappa shape index (κ1) is 55.8. The van der Waals surface area contributed by atoms with E-state index in [1.807, 2.05) is 18.2 Å². The van der Waals surface area contributed by atoms with Crippen LogP contribution in [0.15, 0.2) is 82.5 Å². The zero-order valence-corrected chi connectivity index (χ0v) is 45.4. The number of aryl methyl sites for hydroxylation is 1. The quantitative estimate of drug-likeness (QED) is 0.0628. The van der Waals surface area contributed by atoms with Crippen molar-refractivity contribution in [1.29, 1.82) is 0 Å². The van der Waals surface area contributed by atoms with Crippen LogP contribution in [-0.2, 0) is 37.4 Å². The van der Waals surface area contributed by atoms with Gasteiger partial charge in [-0.2, -0.15) is 5.10 Å². The molecule has 0 radical (unpaired) electrons. The fraction of sp³-hybridized carbons (Fsp3) is 0.473. The molecule has 1 unspecified atom stereocenters. The number of aromatic nitrogens is 6. The number of ether oxygens (including phenoxy) is 3. The molecule has 2 aliphatic heterocycles. The summed E-state index contributed by atoms with van der Waals surface area (Å²) >= 11 is 0. The van der Waals surface area contributed by atoms with E-state index in [1.54, 1.807) is 85.0 Å². The van der Waals surface area contributed by atoms with Crippen LogP contribution in [0.3, 0.4) is 0 Å². The number of carbonyl (C=O) groups excluding carboxylic acids is 5. The number of alkyl halides is 2. The number of halogens is 2. The predicted octanol–water partition coefficient (Wildman–Crippen LogP) is 7.47. The third kappa shape index (κ3) is 13.7. The second kappa shape index (κ2) is 23.1. The topological polar surface area (TPSA) is 234 Å². The van der Waals surface area contributed by atoms with Gasteiger partial charge in [0.15, 0.2) is 11.4 Å². The lowest BCUT2D eigenvalue weighted by molar-refractivity contribution is -0.135. The van der Waals surface area contributed by atoms with E-state index in [0.29, 0.717) is 53.7 Å². The molecule has 3 fully saturated rings. The highest BCUT2D eigenvalue weighted by molar-refractivity contribution is 6.03. The number of fused-ring (bicyclic) bond motifs is 1. The molecule has 0 spiro atoms. The maximum Gasteiger partial charge on any atom is 0.416 e. The summed E-state index contributed by atoms with van der Waals surface area (Å²) in [6, 6.07) is 15.1. The Morgan fingerprint density at radius 1 is 0.873 bits per heavy atom. The number of piperazine rings is 1. The molecule has 3 aliphatic rings. The molecule has 9 rings (SSSR count). The number of benzene rings is 2. The second-order valence-electron chi connectivity index (χ2n) is 22.0. The minimum atomic E-state index is -3.04. The molecule has 1 aliphatic carbocycles. The number of nitrogens with zero attached hydrogens (tertiary/aromatic N) is 10. The summed E-state index contributed by atoms with van der Waals surface area (Å²) in [6.45, 7) is 15.9. The Hall–Kier alpha value is -7.99. The highest BCUT2D eigenvalue weighted by Gasteiger charge is 2.34. The Morgan fingerprint density at radius 2 is 1.58 bits per heavy atom. The molecule has 2 aromatic carbocycles. The summed E-state index contributed by atoms with van der Waals surface area (Å²) in [5, 5.41) is 8.93. The summed E-state index contributed by atoms with van der Waals surface area (Å²) in [7, 11) is 1.68. The van der Waals surface area contributed by atoms with Gasteiger partial charge in [0.1, 0.15) is 29.3 Å². The van der Waals surface area contributed by atoms with E-state index >= 15 is 0 Å². The lowest BCUT2D eigenvalue weighted by Crippen LogP contribution is -2.47. The first-order chi connectivity index (χ1) is 37.6. The number of hydrogen-bond donors (Lipinski definition) is 2. The van der Waals surface area contributed by atoms with Crippen LogP contribution < -0.4 is 26.1 Å². The van der Waals surface area contributed by atoms with E-state index in [9.17, 15) is 37.5 Å². The van der Waals surface area contributed by atoms with Crippen molar-refractivity contribution >= 4 is 58.1 Å². The SMILES string of the molecule is Cn1c(=O)n(C2CCC(=O)NC2=O)c2ccc(N3CCN(CCOCCN(Cc4ccc(-n5cc(NC(=O)c6coc(-c7ccnc(N(CC8CC8)C(=O)OC(C)(C)C)c7)n6)c(C(F)F)n5)cc4)C(=O)OC(C)(C)C)CC3)cc21. The van der Waals surface area contributed by atoms with Gasteiger partial charge in [-0.3, -0.25) is 38.6 Å². The Labute approximate surface area is 454 Å². The lowest BCUT2D eigenvalue weighted by Gasteiger charge is -2.36. The molecule has 2 N–H and O–H groups in total. The third-order valence-corrected chi connectivity index (χ3v) is 13.6. The van der Waals surface area contributed by atoms with Gasteiger partial charge >= 0.3 is 17.9 Å². The first-order valence-corrected chi connectivity index (χ1v) is 26.4. The molecule has 5 amide bonds. The molecule has 1 saturated carbocycles. The summed E-state index contributed by atoms with van der Waals surface area (Å²) in [5.74, 6) is -0.941. The van der Waals surface area contributed by atoms with Crippen molar-refractivity contribution in [3.8, 4) is 17.1 Å². The van der Waals surface area contributed by atoms with Crippen LogP contribution in [0.25, 0.3) is 28.2 Å². The van der Waals surface area contributed by atoms with Gasteiger partial charge in [0.05, 0.1) is 41.8 Å². The van der Waals surface area contributed by atoms with Gasteiger partial charge in [-0.05, 0) is 115 Å². The van der Waals surface area contributed by atoms with Crippen LogP contribution in [0.1, 0.15) is 101 Å². The molecule has 2 saturated heterocycles. The molecule has 6 aromatic rings. The fourth-order valence-electron chi connectivity index (χ4n) is 9.32. The average Bonchev–Trinajstić information content (AvgIpc) is 3.97. The fourth-order valence-corrected chi connectivity index (χ4v) is 9.32. The van der Waals surface area contributed by atoms with Gasteiger partial charge < -0.3 is 33.7 Å². The van der Waals surface area contributed by atoms with Crippen molar-refractivity contribution in [2.45, 2.75) is 97.4 Å². The van der Waals surface area contributed by atoms with Crippen molar-refractivity contribution in [1.82, 2.24) is 44.0 Å². The van der Waals surface area contributed by atoms with Crippen molar-refractivity contribution in [3.05, 3.63) is 101 Å². The Kier molecular flexibility index (Phi) is 16.3. The van der Waals surface area contributed by atoms with Crippen molar-refractivity contribution in [2.75, 3.05) is 74.1 Å². The Balaban J connectivity index is 0.775. The summed E-state index contributed by atoms with van der Waals surface area (Å²) < 4.78 is 56.1. The highest BCUT2D eigenvalue weighted by atomic mass is 19.3. The van der Waals surface area contributed by atoms with Gasteiger partial charge in [-0.15, -0.1) is 0 Å². The van der Waals surface area contributed by atoms with Crippen molar-refractivity contribution in [3.63, 3.8) is 0 Å². The zero-order valence-electron chi connectivity index (χ0n) is 45.4. The van der Waals surface area contributed by atoms with Crippen LogP contribution in [-0.4, -0.2) is 139 Å². The standard InChI is InChI=1S/C55H66F2N12O10/c1-54(2,3)78-52(74)66(25-27-76-26-24-64-20-22-65(23-21-64)38-14-15-41-43(29-38)63(7)51(73)69(41)42-16-17-45(70)61-49(42)72)30-34-10-12-37(13-11-34)68-32-39(46(62-68)47(56)57)59-48(71)40-33-77-50(60-40)36-18-19-58-44(28-36)67(31-35-8-9-35)53(75)79-55(4,5)6/h10-15,18-19,28-29,32-33,35,42,47H,8-9,16-17,20-27,30-31H2,1-7H3,(H,59,71)(H,61,70,72). The number of carbonyl (C=O) groups is 5. The zero-order chi connectivity index (χ0) is 56.3. The number of hydrogen-bond acceptors (Lipinski definition) is 15. The number of amides is 5. The van der Waals surface area contributed by atoms with Gasteiger partial charge in [0, 0.05) is 83.3 Å². The Morgan fingerprint density at radius 3 is 2.27 bits per heavy atom. The number of anilines is 3. The highest BCUT2D eigenvalue weighted by Crippen LogP contribution is 2.34. The Bertz CT molecular complexity index is 3270. The molecule has 1 atom stereocenters. The van der Waals surface area contributed by atoms with Gasteiger partial charge in [0.2, 0.25) is 17.7 Å². The number of piperidine rings is 1. The molecule has 0 bridgehead atoms. The van der Waals surface area contributed by atoms with E-state index in [-0.39, 0.29) is 61.4 Å². The van der Waals surface area contributed by atoms with Crippen LogP contribution in [0, 0.1) is 5.92 Å². The van der Waals surface area contributed by atoms with Gasteiger partial charge in [-0.1, -0.05) is 12.1 Å². The second-order valence-corrected chi connectivity index (χ2v) is 22.0. The van der Waals surface area contributed by atoms with E-state index in [4.69, 9.17) is 18.6 Å². The summed E-state index contributed by atoms with van der Waals surface area (Å²) in [4.78, 5) is 94.0. The van der Waals surface area contributed by atoms with E-state index < -0.39 is 53.4 Å².